The lowest BCUT2D eigenvalue weighted by molar-refractivity contribution is 0.626. The van der Waals surface area contributed by atoms with E-state index >= 15 is 0 Å². The van der Waals surface area contributed by atoms with Crippen molar-refractivity contribution < 1.29 is 4.39 Å². The minimum absolute atomic E-state index is 0.197. The molecule has 0 amide bonds. The molecule has 0 atom stereocenters. The summed E-state index contributed by atoms with van der Waals surface area (Å²) < 4.78 is 13.4. The molecule has 2 rings (SSSR count). The molecular formula is C19H22FN. The summed E-state index contributed by atoms with van der Waals surface area (Å²) in [7, 11) is 0. The van der Waals surface area contributed by atoms with Crippen LogP contribution in [-0.2, 0) is 0 Å². The van der Waals surface area contributed by atoms with E-state index in [2.05, 4.69) is 44.0 Å². The Kier molecular flexibility index (Phi) is 4.79. The van der Waals surface area contributed by atoms with E-state index < -0.39 is 0 Å². The molecule has 0 unspecified atom stereocenters. The lowest BCUT2D eigenvalue weighted by Gasteiger charge is -2.25. The van der Waals surface area contributed by atoms with Gasteiger partial charge in [-0.3, -0.25) is 0 Å². The monoisotopic (exact) mass is 283 g/mol. The number of aryl methyl sites for hydroxylation is 2. The van der Waals surface area contributed by atoms with Gasteiger partial charge in [-0.05, 0) is 62.6 Å². The molecule has 0 fully saturated rings. The van der Waals surface area contributed by atoms with Gasteiger partial charge in [-0.25, -0.2) is 4.39 Å². The van der Waals surface area contributed by atoms with Crippen LogP contribution in [0, 0.1) is 19.7 Å². The minimum atomic E-state index is -0.197. The van der Waals surface area contributed by atoms with Crippen LogP contribution in [0.25, 0.3) is 0 Å². The molecule has 0 aliphatic heterocycles. The molecule has 0 aromatic heterocycles. The van der Waals surface area contributed by atoms with Crippen LogP contribution in [0.15, 0.2) is 54.2 Å². The zero-order chi connectivity index (χ0) is 15.4. The van der Waals surface area contributed by atoms with E-state index in [0.29, 0.717) is 0 Å². The van der Waals surface area contributed by atoms with Gasteiger partial charge in [-0.15, -0.1) is 0 Å². The third kappa shape index (κ3) is 3.52. The summed E-state index contributed by atoms with van der Waals surface area (Å²) in [5.41, 5.74) is 5.54. The number of halogens is 1. The van der Waals surface area contributed by atoms with Gasteiger partial charge in [0.15, 0.2) is 0 Å². The number of para-hydroxylation sites is 1. The van der Waals surface area contributed by atoms with Gasteiger partial charge in [0, 0.05) is 17.6 Å². The molecule has 2 aromatic carbocycles. The van der Waals surface area contributed by atoms with Gasteiger partial charge in [0.05, 0.1) is 0 Å². The van der Waals surface area contributed by atoms with Crippen LogP contribution < -0.4 is 4.90 Å². The minimum Gasteiger partial charge on any atom is -0.317 e. The number of hydrogen-bond donors (Lipinski definition) is 0. The maximum atomic E-state index is 13.4. The first-order valence-corrected chi connectivity index (χ1v) is 7.31. The zero-order valence-corrected chi connectivity index (χ0v) is 13.2. The van der Waals surface area contributed by atoms with Crippen LogP contribution in [-0.4, -0.2) is 0 Å². The average molecular weight is 283 g/mol. The molecule has 0 heterocycles. The molecule has 0 bridgehead atoms. The van der Waals surface area contributed by atoms with Crippen LogP contribution >= 0.6 is 0 Å². The molecule has 0 aliphatic carbocycles. The first kappa shape index (κ1) is 15.3. The largest absolute Gasteiger partial charge is 0.317 e. The molecule has 0 radical (unpaired) electrons. The van der Waals surface area contributed by atoms with Crippen molar-refractivity contribution in [1.29, 1.82) is 0 Å². The molecule has 0 aliphatic rings. The molecule has 2 heteroatoms. The third-order valence-electron chi connectivity index (χ3n) is 3.70. The maximum Gasteiger partial charge on any atom is 0.123 e. The smallest absolute Gasteiger partial charge is 0.123 e. The molecular weight excluding hydrogens is 261 g/mol. The van der Waals surface area contributed by atoms with Crippen molar-refractivity contribution in [3.8, 4) is 0 Å². The molecule has 110 valence electrons. The highest BCUT2D eigenvalue weighted by Gasteiger charge is 2.12. The molecule has 0 spiro atoms. The predicted octanol–water partition coefficient (Wildman–Crippen LogP) is 5.89. The Morgan fingerprint density at radius 2 is 1.71 bits per heavy atom. The summed E-state index contributed by atoms with van der Waals surface area (Å²) in [6.45, 7) is 8.29. The second-order valence-corrected chi connectivity index (χ2v) is 5.42. The Balaban J connectivity index is 2.59. The van der Waals surface area contributed by atoms with Gasteiger partial charge in [-0.2, -0.15) is 0 Å². The van der Waals surface area contributed by atoms with Gasteiger partial charge >= 0.3 is 0 Å². The van der Waals surface area contributed by atoms with E-state index in [-0.39, 0.29) is 5.82 Å². The first-order chi connectivity index (χ1) is 10.0. The second kappa shape index (κ2) is 6.57. The SMILES string of the molecule is CCC(C)=CN(c1ccccc1C)c1ccc(F)cc1C. The van der Waals surface area contributed by atoms with E-state index in [1.807, 2.05) is 25.1 Å². The highest BCUT2D eigenvalue weighted by molar-refractivity contribution is 5.71. The number of hydrogen-bond acceptors (Lipinski definition) is 1. The number of benzene rings is 2. The fourth-order valence-electron chi connectivity index (χ4n) is 2.30. The maximum absolute atomic E-state index is 13.4. The third-order valence-corrected chi connectivity index (χ3v) is 3.70. The fraction of sp³-hybridized carbons (Fsp3) is 0.263. The normalized spacial score (nSPS) is 11.6. The lowest BCUT2D eigenvalue weighted by atomic mass is 10.1. The average Bonchev–Trinajstić information content (AvgIpc) is 2.46. The number of allylic oxidation sites excluding steroid dienone is 1. The molecule has 1 nitrogen and oxygen atoms in total. The van der Waals surface area contributed by atoms with Crippen molar-refractivity contribution in [3.63, 3.8) is 0 Å². The van der Waals surface area contributed by atoms with E-state index in [0.717, 1.165) is 23.4 Å². The van der Waals surface area contributed by atoms with Crippen LogP contribution in [0.5, 0.6) is 0 Å². The van der Waals surface area contributed by atoms with E-state index in [4.69, 9.17) is 0 Å². The van der Waals surface area contributed by atoms with E-state index in [9.17, 15) is 4.39 Å². The summed E-state index contributed by atoms with van der Waals surface area (Å²) >= 11 is 0. The quantitative estimate of drug-likeness (QED) is 0.675. The summed E-state index contributed by atoms with van der Waals surface area (Å²) in [5.74, 6) is -0.197. The molecule has 2 aromatic rings. The van der Waals surface area contributed by atoms with Gasteiger partial charge in [-0.1, -0.05) is 30.7 Å². The number of rotatable bonds is 4. The van der Waals surface area contributed by atoms with Crippen LogP contribution in [0.1, 0.15) is 31.4 Å². The predicted molar refractivity (Wildman–Crippen MR) is 88.5 cm³/mol. The second-order valence-electron chi connectivity index (χ2n) is 5.42. The highest BCUT2D eigenvalue weighted by atomic mass is 19.1. The Bertz CT molecular complexity index is 658. The number of nitrogens with zero attached hydrogens (tertiary/aromatic N) is 1. The van der Waals surface area contributed by atoms with Gasteiger partial charge in [0.1, 0.15) is 5.82 Å². The topological polar surface area (TPSA) is 3.24 Å². The van der Waals surface area contributed by atoms with Gasteiger partial charge in [0.25, 0.3) is 0 Å². The number of anilines is 2. The van der Waals surface area contributed by atoms with Gasteiger partial charge in [0.2, 0.25) is 0 Å². The van der Waals surface area contributed by atoms with Gasteiger partial charge < -0.3 is 4.90 Å². The van der Waals surface area contributed by atoms with Crippen molar-refractivity contribution >= 4 is 11.4 Å². The van der Waals surface area contributed by atoms with Crippen LogP contribution in [0.4, 0.5) is 15.8 Å². The standard InChI is InChI=1S/C19H22FN/c1-5-14(2)13-21(18-9-7-6-8-15(18)3)19-11-10-17(20)12-16(19)4/h6-13H,5H2,1-4H3. The fourth-order valence-corrected chi connectivity index (χ4v) is 2.30. The van der Waals surface area contributed by atoms with Crippen LogP contribution in [0.3, 0.4) is 0 Å². The highest BCUT2D eigenvalue weighted by Crippen LogP contribution is 2.32. The first-order valence-electron chi connectivity index (χ1n) is 7.31. The molecule has 0 saturated carbocycles. The van der Waals surface area contributed by atoms with Crippen molar-refractivity contribution in [2.24, 2.45) is 0 Å². The summed E-state index contributed by atoms with van der Waals surface area (Å²) in [4.78, 5) is 2.16. The lowest BCUT2D eigenvalue weighted by Crippen LogP contribution is -2.12. The van der Waals surface area contributed by atoms with E-state index in [1.165, 1.54) is 17.2 Å². The van der Waals surface area contributed by atoms with Crippen molar-refractivity contribution in [2.45, 2.75) is 34.1 Å². The molecule has 0 N–H and O–H groups in total. The van der Waals surface area contributed by atoms with Crippen molar-refractivity contribution in [2.75, 3.05) is 4.90 Å². The molecule has 21 heavy (non-hydrogen) atoms. The summed E-state index contributed by atoms with van der Waals surface area (Å²) in [6, 6.07) is 13.2. The Morgan fingerprint density at radius 3 is 2.33 bits per heavy atom. The zero-order valence-electron chi connectivity index (χ0n) is 13.2. The van der Waals surface area contributed by atoms with Crippen LogP contribution in [0.2, 0.25) is 0 Å². The van der Waals surface area contributed by atoms with E-state index in [1.54, 1.807) is 6.07 Å². The Hall–Kier alpha value is -2.09. The van der Waals surface area contributed by atoms with Crippen molar-refractivity contribution in [1.82, 2.24) is 0 Å². The van der Waals surface area contributed by atoms with Crippen molar-refractivity contribution in [3.05, 3.63) is 71.2 Å². The Morgan fingerprint density at radius 1 is 1.05 bits per heavy atom. The summed E-state index contributed by atoms with van der Waals surface area (Å²) in [5, 5.41) is 0. The summed E-state index contributed by atoms with van der Waals surface area (Å²) in [6.07, 6.45) is 3.13. The Labute approximate surface area is 126 Å². The molecule has 0 saturated heterocycles.